The summed E-state index contributed by atoms with van der Waals surface area (Å²) in [6, 6.07) is 6.25. The zero-order chi connectivity index (χ0) is 17.6. The summed E-state index contributed by atoms with van der Waals surface area (Å²) in [5, 5.41) is 4.62. The molecule has 1 aromatic carbocycles. The summed E-state index contributed by atoms with van der Waals surface area (Å²) in [4.78, 5) is 14.9. The van der Waals surface area contributed by atoms with Gasteiger partial charge in [0, 0.05) is 24.3 Å². The van der Waals surface area contributed by atoms with Crippen LogP contribution in [0.15, 0.2) is 24.3 Å². The summed E-state index contributed by atoms with van der Waals surface area (Å²) in [6.07, 6.45) is 2.83. The number of nitrogens with zero attached hydrogens (tertiary/aromatic N) is 3. The minimum atomic E-state index is -0.278. The largest absolute Gasteiger partial charge is 0.372 e. The van der Waals surface area contributed by atoms with Crippen molar-refractivity contribution in [3.63, 3.8) is 0 Å². The van der Waals surface area contributed by atoms with Crippen LogP contribution < -0.4 is 0 Å². The Hall–Kier alpha value is -2.21. The molecular weight excluding hydrogens is 321 g/mol. The van der Waals surface area contributed by atoms with Crippen LogP contribution >= 0.6 is 0 Å². The minimum Gasteiger partial charge on any atom is -0.372 e. The Balaban J connectivity index is 1.70. The Morgan fingerprint density at radius 3 is 2.52 bits per heavy atom. The number of rotatable bonds is 2. The number of hydrogen-bond acceptors (Lipinski definition) is 3. The zero-order valence-corrected chi connectivity index (χ0v) is 14.5. The summed E-state index contributed by atoms with van der Waals surface area (Å²) in [7, 11) is 0. The van der Waals surface area contributed by atoms with Crippen molar-refractivity contribution in [2.24, 2.45) is 0 Å². The molecule has 132 valence electrons. The van der Waals surface area contributed by atoms with Crippen molar-refractivity contribution in [1.82, 2.24) is 14.7 Å². The maximum atomic E-state index is 13.2. The molecule has 2 heterocycles. The molecule has 0 bridgehead atoms. The van der Waals surface area contributed by atoms with Gasteiger partial charge in [-0.1, -0.05) is 0 Å². The standard InChI is InChI=1S/C19H22FN3O2/c1-12-10-22(11-13(2)25-12)19(24)18-16-4-3-5-17(16)23(21-18)15-8-6-14(20)7-9-15/h6-9,12-13H,3-5,10-11H2,1-2H3/t12-,13-/m1/s1. The van der Waals surface area contributed by atoms with Crippen LogP contribution in [0, 0.1) is 5.82 Å². The van der Waals surface area contributed by atoms with Gasteiger partial charge in [0.2, 0.25) is 0 Å². The molecule has 5 nitrogen and oxygen atoms in total. The van der Waals surface area contributed by atoms with Crippen molar-refractivity contribution in [3.05, 3.63) is 47.0 Å². The van der Waals surface area contributed by atoms with Gasteiger partial charge in [-0.25, -0.2) is 9.07 Å². The average Bonchev–Trinajstić information content (AvgIpc) is 3.16. The fraction of sp³-hybridized carbons (Fsp3) is 0.474. The quantitative estimate of drug-likeness (QED) is 0.842. The molecule has 6 heteroatoms. The highest BCUT2D eigenvalue weighted by Gasteiger charge is 2.32. The van der Waals surface area contributed by atoms with E-state index in [9.17, 15) is 9.18 Å². The molecule has 1 aliphatic heterocycles. The number of fused-ring (bicyclic) bond motifs is 1. The monoisotopic (exact) mass is 343 g/mol. The predicted octanol–water partition coefficient (Wildman–Crippen LogP) is 2.75. The van der Waals surface area contributed by atoms with Crippen molar-refractivity contribution < 1.29 is 13.9 Å². The van der Waals surface area contributed by atoms with Gasteiger partial charge in [0.25, 0.3) is 5.91 Å². The highest BCUT2D eigenvalue weighted by atomic mass is 19.1. The smallest absolute Gasteiger partial charge is 0.274 e. The Kier molecular flexibility index (Phi) is 4.07. The molecule has 0 spiro atoms. The third kappa shape index (κ3) is 2.95. The zero-order valence-electron chi connectivity index (χ0n) is 14.5. The van der Waals surface area contributed by atoms with E-state index < -0.39 is 0 Å². The Bertz CT molecular complexity index is 790. The van der Waals surface area contributed by atoms with E-state index in [2.05, 4.69) is 5.10 Å². The topological polar surface area (TPSA) is 47.4 Å². The van der Waals surface area contributed by atoms with E-state index in [4.69, 9.17) is 4.74 Å². The van der Waals surface area contributed by atoms with Crippen LogP contribution in [0.3, 0.4) is 0 Å². The number of amides is 1. The lowest BCUT2D eigenvalue weighted by molar-refractivity contribution is -0.0587. The number of morpholine rings is 1. The molecule has 2 atom stereocenters. The summed E-state index contributed by atoms with van der Waals surface area (Å²) in [6.45, 7) is 5.14. The van der Waals surface area contributed by atoms with E-state index in [1.807, 2.05) is 23.4 Å². The lowest BCUT2D eigenvalue weighted by Crippen LogP contribution is -2.48. The van der Waals surface area contributed by atoms with E-state index in [0.717, 1.165) is 36.2 Å². The number of benzene rings is 1. The second-order valence-corrected chi connectivity index (χ2v) is 6.98. The number of ether oxygens (including phenoxy) is 1. The van der Waals surface area contributed by atoms with Crippen molar-refractivity contribution in [1.29, 1.82) is 0 Å². The van der Waals surface area contributed by atoms with Gasteiger partial charge in [-0.15, -0.1) is 0 Å². The van der Waals surface area contributed by atoms with Gasteiger partial charge in [-0.3, -0.25) is 4.79 Å². The molecule has 2 aliphatic rings. The molecule has 0 radical (unpaired) electrons. The minimum absolute atomic E-state index is 0.0268. The van der Waals surface area contributed by atoms with Crippen molar-refractivity contribution in [2.75, 3.05) is 13.1 Å². The first-order chi connectivity index (χ1) is 12.0. The molecule has 0 saturated carbocycles. The van der Waals surface area contributed by atoms with Gasteiger partial charge in [0.05, 0.1) is 17.9 Å². The fourth-order valence-corrected chi connectivity index (χ4v) is 3.90. The van der Waals surface area contributed by atoms with Crippen molar-refractivity contribution in [2.45, 2.75) is 45.3 Å². The Morgan fingerprint density at radius 1 is 1.16 bits per heavy atom. The molecule has 1 fully saturated rings. The maximum absolute atomic E-state index is 13.2. The third-order valence-electron chi connectivity index (χ3n) is 4.91. The molecule has 4 rings (SSSR count). The highest BCUT2D eigenvalue weighted by molar-refractivity contribution is 5.94. The highest BCUT2D eigenvalue weighted by Crippen LogP contribution is 2.29. The first kappa shape index (κ1) is 16.3. The van der Waals surface area contributed by atoms with Gasteiger partial charge in [0.15, 0.2) is 5.69 Å². The molecule has 1 aliphatic carbocycles. The molecule has 2 aromatic rings. The van der Waals surface area contributed by atoms with Crippen molar-refractivity contribution >= 4 is 5.91 Å². The van der Waals surface area contributed by atoms with Crippen LogP contribution in [-0.2, 0) is 17.6 Å². The maximum Gasteiger partial charge on any atom is 0.274 e. The van der Waals surface area contributed by atoms with Crippen LogP contribution in [0.4, 0.5) is 4.39 Å². The van der Waals surface area contributed by atoms with E-state index in [0.29, 0.717) is 18.8 Å². The summed E-state index contributed by atoms with van der Waals surface area (Å²) < 4.78 is 20.8. The lowest BCUT2D eigenvalue weighted by atomic mass is 10.1. The summed E-state index contributed by atoms with van der Waals surface area (Å²) >= 11 is 0. The summed E-state index contributed by atoms with van der Waals surface area (Å²) in [5.74, 6) is -0.304. The van der Waals surface area contributed by atoms with Crippen LogP contribution in [0.25, 0.3) is 5.69 Å². The van der Waals surface area contributed by atoms with E-state index in [1.54, 1.807) is 12.1 Å². The summed E-state index contributed by atoms with van der Waals surface area (Å²) in [5.41, 5.74) is 3.45. The van der Waals surface area contributed by atoms with Gasteiger partial charge >= 0.3 is 0 Å². The van der Waals surface area contributed by atoms with E-state index in [-0.39, 0.29) is 23.9 Å². The van der Waals surface area contributed by atoms with E-state index in [1.165, 1.54) is 12.1 Å². The molecular formula is C19H22FN3O2. The molecule has 1 aromatic heterocycles. The fourth-order valence-electron chi connectivity index (χ4n) is 3.90. The van der Waals surface area contributed by atoms with Crippen LogP contribution in [0.1, 0.15) is 42.0 Å². The third-order valence-corrected chi connectivity index (χ3v) is 4.91. The van der Waals surface area contributed by atoms with Gasteiger partial charge in [-0.05, 0) is 57.4 Å². The Labute approximate surface area is 146 Å². The van der Waals surface area contributed by atoms with Gasteiger partial charge in [-0.2, -0.15) is 5.10 Å². The van der Waals surface area contributed by atoms with Crippen LogP contribution in [0.2, 0.25) is 0 Å². The molecule has 1 amide bonds. The predicted molar refractivity (Wildman–Crippen MR) is 91.5 cm³/mol. The second-order valence-electron chi connectivity index (χ2n) is 6.98. The Morgan fingerprint density at radius 2 is 1.84 bits per heavy atom. The first-order valence-electron chi connectivity index (χ1n) is 8.84. The molecule has 0 unspecified atom stereocenters. The number of carbonyl (C=O) groups excluding carboxylic acids is 1. The first-order valence-corrected chi connectivity index (χ1v) is 8.84. The number of carbonyl (C=O) groups is 1. The van der Waals surface area contributed by atoms with Crippen molar-refractivity contribution in [3.8, 4) is 5.69 Å². The average molecular weight is 343 g/mol. The SMILES string of the molecule is C[C@@H]1CN(C(=O)c2nn(-c3ccc(F)cc3)c3c2CCC3)C[C@@H](C)O1. The number of aromatic nitrogens is 2. The molecule has 1 saturated heterocycles. The molecule has 25 heavy (non-hydrogen) atoms. The number of hydrogen-bond donors (Lipinski definition) is 0. The lowest BCUT2D eigenvalue weighted by Gasteiger charge is -2.35. The van der Waals surface area contributed by atoms with Crippen LogP contribution in [0.5, 0.6) is 0 Å². The molecule has 0 N–H and O–H groups in total. The van der Waals surface area contributed by atoms with Crippen LogP contribution in [-0.4, -0.2) is 45.9 Å². The normalized spacial score (nSPS) is 22.9. The van der Waals surface area contributed by atoms with Gasteiger partial charge < -0.3 is 9.64 Å². The van der Waals surface area contributed by atoms with E-state index >= 15 is 0 Å². The second kappa shape index (κ2) is 6.26. The number of halogens is 1. The van der Waals surface area contributed by atoms with Gasteiger partial charge in [0.1, 0.15) is 5.82 Å².